The zero-order valence-electron chi connectivity index (χ0n) is 14.6. The van der Waals surface area contributed by atoms with Gasteiger partial charge in [-0.3, -0.25) is 4.99 Å². The van der Waals surface area contributed by atoms with Crippen molar-refractivity contribution in [3.63, 3.8) is 0 Å². The van der Waals surface area contributed by atoms with E-state index in [1.807, 2.05) is 13.8 Å². The molecule has 136 valence electrons. The summed E-state index contributed by atoms with van der Waals surface area (Å²) in [5, 5.41) is 7.84. The molecule has 1 aromatic heterocycles. The van der Waals surface area contributed by atoms with E-state index in [0.29, 0.717) is 19.1 Å². The van der Waals surface area contributed by atoms with E-state index in [4.69, 9.17) is 4.74 Å². The first kappa shape index (κ1) is 20.9. The largest absolute Gasteiger partial charge is 0.453 e. The van der Waals surface area contributed by atoms with Crippen LogP contribution in [0, 0.1) is 13.8 Å². The van der Waals surface area contributed by atoms with Crippen LogP contribution in [-0.2, 0) is 11.3 Å². The average molecular weight is 467 g/mol. The lowest BCUT2D eigenvalue weighted by Gasteiger charge is -2.32. The molecule has 0 atom stereocenters. The van der Waals surface area contributed by atoms with Crippen LogP contribution in [-0.4, -0.2) is 55.2 Å². The van der Waals surface area contributed by atoms with Gasteiger partial charge < -0.3 is 20.3 Å². The van der Waals surface area contributed by atoms with E-state index in [9.17, 15) is 4.79 Å². The first-order valence-electron chi connectivity index (χ1n) is 7.76. The van der Waals surface area contributed by atoms with Gasteiger partial charge in [0.25, 0.3) is 0 Å². The Kier molecular flexibility index (Phi) is 8.74. The van der Waals surface area contributed by atoms with Gasteiger partial charge in [-0.25, -0.2) is 9.78 Å². The minimum absolute atomic E-state index is 0. The van der Waals surface area contributed by atoms with Crippen LogP contribution in [0.4, 0.5) is 4.79 Å². The van der Waals surface area contributed by atoms with E-state index in [1.165, 1.54) is 12.0 Å². The summed E-state index contributed by atoms with van der Waals surface area (Å²) in [5.74, 6) is 0.784. The number of aryl methyl sites for hydroxylation is 2. The highest BCUT2D eigenvalue weighted by molar-refractivity contribution is 14.0. The summed E-state index contributed by atoms with van der Waals surface area (Å²) in [4.78, 5) is 23.2. The number of nitrogens with one attached hydrogen (secondary N) is 2. The lowest BCUT2D eigenvalue weighted by atomic mass is 10.1. The number of aromatic nitrogens is 1. The van der Waals surface area contributed by atoms with Crippen LogP contribution < -0.4 is 10.6 Å². The quantitative estimate of drug-likeness (QED) is 0.405. The summed E-state index contributed by atoms with van der Waals surface area (Å²) in [6.07, 6.45) is 1.52. The SMILES string of the molecule is CN=C(NCc1sc(C)nc1C)NC1CCN(C(=O)OC)CC1.I. The number of carbonyl (C=O) groups excluding carboxylic acids is 1. The van der Waals surface area contributed by atoms with Gasteiger partial charge in [0, 0.05) is 31.1 Å². The highest BCUT2D eigenvalue weighted by atomic mass is 127. The number of hydrogen-bond donors (Lipinski definition) is 2. The molecule has 0 aromatic carbocycles. The number of methoxy groups -OCH3 is 1. The Morgan fingerprint density at radius 1 is 1.42 bits per heavy atom. The van der Waals surface area contributed by atoms with Crippen LogP contribution in [0.2, 0.25) is 0 Å². The number of aliphatic imine (C=N–C) groups is 1. The van der Waals surface area contributed by atoms with E-state index in [-0.39, 0.29) is 30.1 Å². The monoisotopic (exact) mass is 467 g/mol. The maximum absolute atomic E-state index is 11.5. The highest BCUT2D eigenvalue weighted by Crippen LogP contribution is 2.16. The Labute approximate surface area is 164 Å². The van der Waals surface area contributed by atoms with Crippen LogP contribution in [0.5, 0.6) is 0 Å². The molecule has 0 aliphatic carbocycles. The van der Waals surface area contributed by atoms with Crippen LogP contribution in [0.3, 0.4) is 0 Å². The van der Waals surface area contributed by atoms with Gasteiger partial charge in [-0.15, -0.1) is 35.3 Å². The summed E-state index contributed by atoms with van der Waals surface area (Å²) in [5.41, 5.74) is 1.07. The third-order valence-electron chi connectivity index (χ3n) is 3.91. The highest BCUT2D eigenvalue weighted by Gasteiger charge is 2.23. The standard InChI is InChI=1S/C15H25N5O2S.HI/c1-10-13(23-11(2)18-10)9-17-14(16-3)19-12-5-7-20(8-6-12)15(21)22-4;/h12H,5-9H2,1-4H3,(H2,16,17,19);1H. The lowest BCUT2D eigenvalue weighted by Crippen LogP contribution is -2.49. The summed E-state index contributed by atoms with van der Waals surface area (Å²) < 4.78 is 4.75. The Balaban J connectivity index is 0.00000288. The van der Waals surface area contributed by atoms with Gasteiger partial charge in [0.05, 0.1) is 24.4 Å². The number of hydrogen-bond acceptors (Lipinski definition) is 5. The van der Waals surface area contributed by atoms with Crippen molar-refractivity contribution in [2.24, 2.45) is 4.99 Å². The van der Waals surface area contributed by atoms with Gasteiger partial charge in [-0.2, -0.15) is 0 Å². The molecule has 1 saturated heterocycles. The van der Waals surface area contributed by atoms with E-state index < -0.39 is 0 Å². The minimum Gasteiger partial charge on any atom is -0.453 e. The maximum atomic E-state index is 11.5. The molecule has 1 aromatic rings. The number of carbonyl (C=O) groups is 1. The van der Waals surface area contributed by atoms with Crippen molar-refractivity contribution < 1.29 is 9.53 Å². The summed E-state index contributed by atoms with van der Waals surface area (Å²) >= 11 is 1.70. The Morgan fingerprint density at radius 3 is 2.58 bits per heavy atom. The number of piperidine rings is 1. The molecule has 9 heteroatoms. The zero-order chi connectivity index (χ0) is 16.8. The molecule has 1 amide bonds. The van der Waals surface area contributed by atoms with Crippen molar-refractivity contribution in [1.29, 1.82) is 0 Å². The van der Waals surface area contributed by atoms with Gasteiger partial charge in [0.1, 0.15) is 0 Å². The number of ether oxygens (including phenoxy) is 1. The maximum Gasteiger partial charge on any atom is 0.409 e. The number of likely N-dealkylation sites (tertiary alicyclic amines) is 1. The summed E-state index contributed by atoms with van der Waals surface area (Å²) in [6.45, 7) is 6.17. The van der Waals surface area contributed by atoms with Crippen molar-refractivity contribution in [2.75, 3.05) is 27.2 Å². The number of nitrogens with zero attached hydrogens (tertiary/aromatic N) is 3. The van der Waals surface area contributed by atoms with E-state index in [1.54, 1.807) is 23.3 Å². The summed E-state index contributed by atoms with van der Waals surface area (Å²) in [6, 6.07) is 0.311. The van der Waals surface area contributed by atoms with Crippen LogP contribution in [0.1, 0.15) is 28.4 Å². The molecular formula is C15H26IN5O2S. The molecule has 0 bridgehead atoms. The first-order valence-corrected chi connectivity index (χ1v) is 8.58. The Morgan fingerprint density at radius 2 is 2.08 bits per heavy atom. The molecular weight excluding hydrogens is 441 g/mol. The molecule has 1 aliphatic heterocycles. The van der Waals surface area contributed by atoms with Crippen molar-refractivity contribution in [2.45, 2.75) is 39.3 Å². The fourth-order valence-corrected chi connectivity index (χ4v) is 3.50. The summed E-state index contributed by atoms with van der Waals surface area (Å²) in [7, 11) is 3.19. The number of rotatable bonds is 3. The second-order valence-corrected chi connectivity index (χ2v) is 6.83. The van der Waals surface area contributed by atoms with Crippen molar-refractivity contribution in [3.05, 3.63) is 15.6 Å². The molecule has 1 aliphatic rings. The fraction of sp³-hybridized carbons (Fsp3) is 0.667. The molecule has 24 heavy (non-hydrogen) atoms. The van der Waals surface area contributed by atoms with Gasteiger partial charge in [-0.1, -0.05) is 0 Å². The van der Waals surface area contributed by atoms with Crippen molar-refractivity contribution >= 4 is 47.4 Å². The Bertz CT molecular complexity index is 570. The number of thiazole rings is 1. The molecule has 1 fully saturated rings. The van der Waals surface area contributed by atoms with Gasteiger partial charge in [0.15, 0.2) is 5.96 Å². The second-order valence-electron chi connectivity index (χ2n) is 5.54. The Hall–Kier alpha value is -1.10. The molecule has 2 rings (SSSR count). The molecule has 2 heterocycles. The molecule has 0 saturated carbocycles. The van der Waals surface area contributed by atoms with Gasteiger partial charge in [0.2, 0.25) is 0 Å². The topological polar surface area (TPSA) is 78.9 Å². The fourth-order valence-electron chi connectivity index (χ4n) is 2.62. The van der Waals surface area contributed by atoms with Gasteiger partial charge >= 0.3 is 6.09 Å². The smallest absolute Gasteiger partial charge is 0.409 e. The molecule has 0 unspecified atom stereocenters. The average Bonchev–Trinajstić information content (AvgIpc) is 2.88. The van der Waals surface area contributed by atoms with E-state index in [0.717, 1.165) is 36.0 Å². The van der Waals surface area contributed by atoms with Crippen LogP contribution >= 0.6 is 35.3 Å². The lowest BCUT2D eigenvalue weighted by molar-refractivity contribution is 0.111. The van der Waals surface area contributed by atoms with Crippen molar-refractivity contribution in [3.8, 4) is 0 Å². The molecule has 0 radical (unpaired) electrons. The van der Waals surface area contributed by atoms with E-state index >= 15 is 0 Å². The van der Waals surface area contributed by atoms with Crippen molar-refractivity contribution in [1.82, 2.24) is 20.5 Å². The van der Waals surface area contributed by atoms with Crippen LogP contribution in [0.15, 0.2) is 4.99 Å². The predicted octanol–water partition coefficient (Wildman–Crippen LogP) is 2.27. The van der Waals surface area contributed by atoms with E-state index in [2.05, 4.69) is 20.6 Å². The third-order valence-corrected chi connectivity index (χ3v) is 4.98. The molecule has 2 N–H and O–H groups in total. The zero-order valence-corrected chi connectivity index (χ0v) is 17.7. The second kappa shape index (κ2) is 10.0. The molecule has 0 spiro atoms. The number of guanidine groups is 1. The number of amides is 1. The number of halogens is 1. The predicted molar refractivity (Wildman–Crippen MR) is 107 cm³/mol. The normalized spacial score (nSPS) is 15.7. The minimum atomic E-state index is -0.248. The first-order chi connectivity index (χ1) is 11.0. The third kappa shape index (κ3) is 5.76. The van der Waals surface area contributed by atoms with Crippen LogP contribution in [0.25, 0.3) is 0 Å². The van der Waals surface area contributed by atoms with Gasteiger partial charge in [-0.05, 0) is 26.7 Å². The molecule has 7 nitrogen and oxygen atoms in total.